The van der Waals surface area contributed by atoms with Crippen LogP contribution in [0.2, 0.25) is 0 Å². The second-order valence-corrected chi connectivity index (χ2v) is 4.49. The molecule has 0 aromatic carbocycles. The van der Waals surface area contributed by atoms with Crippen molar-refractivity contribution < 1.29 is 4.74 Å². The first kappa shape index (κ1) is 14.3. The molecule has 2 aliphatic heterocycles. The van der Waals surface area contributed by atoms with Gasteiger partial charge < -0.3 is 10.5 Å². The maximum atomic E-state index is 5.62. The van der Waals surface area contributed by atoms with Crippen molar-refractivity contribution in [3.8, 4) is 0 Å². The van der Waals surface area contributed by atoms with Gasteiger partial charge in [-0.05, 0) is 37.2 Å². The molecule has 14 heavy (non-hydrogen) atoms. The molecule has 2 rings (SSSR count). The molecule has 2 aliphatic rings. The molecule has 0 spiro atoms. The summed E-state index contributed by atoms with van der Waals surface area (Å²) in [6, 6.07) is 0.515. The third-order valence-electron chi connectivity index (χ3n) is 2.09. The van der Waals surface area contributed by atoms with Gasteiger partial charge in [0.25, 0.3) is 0 Å². The first-order chi connectivity index (χ1) is 6.89. The molecule has 2 nitrogen and oxygen atoms in total. The van der Waals surface area contributed by atoms with Crippen molar-refractivity contribution in [3.63, 3.8) is 0 Å². The van der Waals surface area contributed by atoms with Crippen LogP contribution in [0.4, 0.5) is 0 Å². The fourth-order valence-electron chi connectivity index (χ4n) is 1.23. The van der Waals surface area contributed by atoms with Crippen LogP contribution in [0.5, 0.6) is 0 Å². The van der Waals surface area contributed by atoms with E-state index >= 15 is 0 Å². The third-order valence-corrected chi connectivity index (χ3v) is 3.14. The lowest BCUT2D eigenvalue weighted by molar-refractivity contribution is 0.198. The first-order valence-electron chi connectivity index (χ1n) is 5.80. The zero-order valence-electron chi connectivity index (χ0n) is 9.63. The normalized spacial score (nSPS) is 21.6. The molecule has 0 aromatic rings. The lowest BCUT2D eigenvalue weighted by Crippen LogP contribution is -2.24. The molecular weight excluding hydrogens is 194 g/mol. The highest BCUT2D eigenvalue weighted by molar-refractivity contribution is 7.99. The van der Waals surface area contributed by atoms with Gasteiger partial charge in [-0.15, -0.1) is 0 Å². The van der Waals surface area contributed by atoms with Crippen LogP contribution in [-0.4, -0.2) is 30.8 Å². The van der Waals surface area contributed by atoms with Crippen molar-refractivity contribution in [1.82, 2.24) is 0 Å². The summed E-state index contributed by atoms with van der Waals surface area (Å²) in [5, 5.41) is 0. The summed E-state index contributed by atoms with van der Waals surface area (Å²) in [5.74, 6) is 2.56. The molecule has 0 atom stereocenters. The van der Waals surface area contributed by atoms with Crippen molar-refractivity contribution >= 4 is 11.8 Å². The summed E-state index contributed by atoms with van der Waals surface area (Å²) in [6.45, 7) is 6.00. The molecular formula is C11H25NOS. The van der Waals surface area contributed by atoms with E-state index in [0.717, 1.165) is 13.2 Å². The number of ether oxygens (including phenoxy) is 1. The van der Waals surface area contributed by atoms with E-state index in [-0.39, 0.29) is 0 Å². The van der Waals surface area contributed by atoms with Gasteiger partial charge in [-0.2, -0.15) is 11.8 Å². The van der Waals surface area contributed by atoms with Gasteiger partial charge in [0, 0.05) is 19.3 Å². The minimum atomic E-state index is 0.515. The quantitative estimate of drug-likeness (QED) is 0.680. The Labute approximate surface area is 93.0 Å². The largest absolute Gasteiger partial charge is 0.381 e. The van der Waals surface area contributed by atoms with Crippen molar-refractivity contribution in [2.75, 3.05) is 24.7 Å². The Bertz CT molecular complexity index is 93.9. The number of rotatable bonds is 0. The maximum Gasteiger partial charge on any atom is 0.0466 e. The Kier molecular flexibility index (Phi) is 11.6. The third kappa shape index (κ3) is 8.85. The number of thioether (sulfide) groups is 1. The number of hydrogen-bond acceptors (Lipinski definition) is 3. The maximum absolute atomic E-state index is 5.62. The second-order valence-electron chi connectivity index (χ2n) is 3.27. The van der Waals surface area contributed by atoms with Crippen molar-refractivity contribution in [3.05, 3.63) is 0 Å². The van der Waals surface area contributed by atoms with Gasteiger partial charge in [0.2, 0.25) is 0 Å². The monoisotopic (exact) mass is 219 g/mol. The second kappa shape index (κ2) is 11.3. The predicted molar refractivity (Wildman–Crippen MR) is 65.9 cm³/mol. The van der Waals surface area contributed by atoms with E-state index in [2.05, 4.69) is 0 Å². The lowest BCUT2D eigenvalue weighted by atomic mass is 10.2. The van der Waals surface area contributed by atoms with Crippen molar-refractivity contribution in [2.45, 2.75) is 45.6 Å². The molecule has 2 saturated heterocycles. The Hall–Kier alpha value is 0.270. The Morgan fingerprint density at radius 3 is 1.79 bits per heavy atom. The van der Waals surface area contributed by atoms with Crippen LogP contribution in [0.25, 0.3) is 0 Å². The Morgan fingerprint density at radius 2 is 1.57 bits per heavy atom. The summed E-state index contributed by atoms with van der Waals surface area (Å²) in [5.41, 5.74) is 5.62. The number of nitrogens with two attached hydrogens (primary N) is 1. The van der Waals surface area contributed by atoms with Crippen LogP contribution in [0, 0.1) is 0 Å². The van der Waals surface area contributed by atoms with Gasteiger partial charge in [0.15, 0.2) is 0 Å². The SMILES string of the molecule is C1CCOC1.CC.NC1CCSCC1. The van der Waals surface area contributed by atoms with E-state index in [1.165, 1.54) is 37.2 Å². The van der Waals surface area contributed by atoms with E-state index in [4.69, 9.17) is 10.5 Å². The molecule has 0 bridgehead atoms. The molecule has 86 valence electrons. The predicted octanol–water partition coefficient (Wildman–Crippen LogP) is 2.66. The summed E-state index contributed by atoms with van der Waals surface area (Å²) >= 11 is 2.02. The van der Waals surface area contributed by atoms with Crippen LogP contribution in [-0.2, 0) is 4.74 Å². The van der Waals surface area contributed by atoms with Crippen LogP contribution in [0.15, 0.2) is 0 Å². The topological polar surface area (TPSA) is 35.2 Å². The standard InChI is InChI=1S/C5H11NS.C4H8O.C2H6/c6-5-1-3-7-4-2-5;1-2-4-5-3-1;1-2/h5H,1-4,6H2;1-4H2;1-2H3. The van der Waals surface area contributed by atoms with Crippen LogP contribution in [0.3, 0.4) is 0 Å². The van der Waals surface area contributed by atoms with Gasteiger partial charge in [-0.25, -0.2) is 0 Å². The minimum absolute atomic E-state index is 0.515. The highest BCUT2D eigenvalue weighted by Crippen LogP contribution is 2.14. The van der Waals surface area contributed by atoms with E-state index < -0.39 is 0 Å². The fraction of sp³-hybridized carbons (Fsp3) is 1.00. The average Bonchev–Trinajstić information content (AvgIpc) is 2.80. The highest BCUT2D eigenvalue weighted by Gasteiger charge is 2.06. The molecule has 2 fully saturated rings. The molecule has 0 aliphatic carbocycles. The van der Waals surface area contributed by atoms with E-state index in [1.807, 2.05) is 25.6 Å². The fourth-order valence-corrected chi connectivity index (χ4v) is 2.37. The van der Waals surface area contributed by atoms with Crippen molar-refractivity contribution in [1.29, 1.82) is 0 Å². The van der Waals surface area contributed by atoms with Gasteiger partial charge in [-0.3, -0.25) is 0 Å². The van der Waals surface area contributed by atoms with Crippen molar-refractivity contribution in [2.24, 2.45) is 5.73 Å². The smallest absolute Gasteiger partial charge is 0.0466 e. The molecule has 0 amide bonds. The zero-order chi connectivity index (χ0) is 10.6. The average molecular weight is 219 g/mol. The summed E-state index contributed by atoms with van der Waals surface area (Å²) in [4.78, 5) is 0. The zero-order valence-corrected chi connectivity index (χ0v) is 10.4. The molecule has 2 heterocycles. The van der Waals surface area contributed by atoms with Gasteiger partial charge in [0.05, 0.1) is 0 Å². The molecule has 3 heteroatoms. The molecule has 2 N–H and O–H groups in total. The molecule has 0 unspecified atom stereocenters. The summed E-state index contributed by atoms with van der Waals surface area (Å²) in [6.07, 6.45) is 5.01. The first-order valence-corrected chi connectivity index (χ1v) is 6.96. The Balaban J connectivity index is 0.000000213. The molecule has 0 aromatic heterocycles. The molecule has 0 saturated carbocycles. The van der Waals surface area contributed by atoms with E-state index in [0.29, 0.717) is 6.04 Å². The van der Waals surface area contributed by atoms with Crippen LogP contribution in [0.1, 0.15) is 39.5 Å². The Morgan fingerprint density at radius 1 is 1.07 bits per heavy atom. The number of hydrogen-bond donors (Lipinski definition) is 1. The van der Waals surface area contributed by atoms with Gasteiger partial charge in [0.1, 0.15) is 0 Å². The lowest BCUT2D eigenvalue weighted by Gasteiger charge is -2.15. The summed E-state index contributed by atoms with van der Waals surface area (Å²) in [7, 11) is 0. The van der Waals surface area contributed by atoms with E-state index in [9.17, 15) is 0 Å². The van der Waals surface area contributed by atoms with Crippen LogP contribution < -0.4 is 5.73 Å². The molecule has 0 radical (unpaired) electrons. The summed E-state index contributed by atoms with van der Waals surface area (Å²) < 4.78 is 4.94. The van der Waals surface area contributed by atoms with Gasteiger partial charge >= 0.3 is 0 Å². The highest BCUT2D eigenvalue weighted by atomic mass is 32.2. The van der Waals surface area contributed by atoms with Gasteiger partial charge in [-0.1, -0.05) is 13.8 Å². The van der Waals surface area contributed by atoms with Crippen LogP contribution >= 0.6 is 11.8 Å². The minimum Gasteiger partial charge on any atom is -0.381 e. The van der Waals surface area contributed by atoms with E-state index in [1.54, 1.807) is 0 Å².